The third-order valence-corrected chi connectivity index (χ3v) is 6.31. The molecule has 0 unspecified atom stereocenters. The number of aryl methyl sites for hydroxylation is 1. The predicted octanol–water partition coefficient (Wildman–Crippen LogP) is 4.25. The first-order chi connectivity index (χ1) is 13.7. The fourth-order valence-electron chi connectivity index (χ4n) is 3.63. The molecule has 0 bridgehead atoms. The van der Waals surface area contributed by atoms with Gasteiger partial charge >= 0.3 is 0 Å². The van der Waals surface area contributed by atoms with E-state index in [4.69, 9.17) is 9.72 Å². The summed E-state index contributed by atoms with van der Waals surface area (Å²) in [6, 6.07) is 14.5. The molecular weight excluding hydrogens is 370 g/mol. The highest BCUT2D eigenvalue weighted by Gasteiger charge is 2.19. The fraction of sp³-hybridized carbons (Fsp3) is 0.273. The number of nitrogens with zero attached hydrogens (tertiary/aromatic N) is 3. The van der Waals surface area contributed by atoms with Gasteiger partial charge in [0, 0.05) is 30.4 Å². The summed E-state index contributed by atoms with van der Waals surface area (Å²) in [6.45, 7) is 4.70. The van der Waals surface area contributed by atoms with Gasteiger partial charge in [-0.1, -0.05) is 42.5 Å². The smallest absolute Gasteiger partial charge is 0.254 e. The highest BCUT2D eigenvalue weighted by molar-refractivity contribution is 7.23. The second kappa shape index (κ2) is 7.04. The first kappa shape index (κ1) is 17.4. The number of amides is 1. The second-order valence-corrected chi connectivity index (χ2v) is 8.03. The standard InChI is InChI=1S/C22H21N3O2S/c1-2-15-3-5-16(6-4-15)18-14-25-19-8-7-17(13-20(19)28-22(25)23-18)21(26)24-9-11-27-12-10-24/h3-8,13-14H,2,9-12H2,1H3. The molecule has 0 N–H and O–H groups in total. The van der Waals surface area contributed by atoms with Crippen LogP contribution in [-0.4, -0.2) is 46.5 Å². The molecule has 5 rings (SSSR count). The quantitative estimate of drug-likeness (QED) is 0.524. The number of imidazole rings is 1. The number of ether oxygens (including phenoxy) is 1. The minimum absolute atomic E-state index is 0.0768. The van der Waals surface area contributed by atoms with Crippen molar-refractivity contribution in [1.29, 1.82) is 0 Å². The molecule has 0 atom stereocenters. The maximum absolute atomic E-state index is 12.7. The molecule has 6 heteroatoms. The molecule has 142 valence electrons. The molecule has 1 fully saturated rings. The summed E-state index contributed by atoms with van der Waals surface area (Å²) in [7, 11) is 0. The zero-order valence-corrected chi connectivity index (χ0v) is 16.5. The maximum Gasteiger partial charge on any atom is 0.254 e. The number of rotatable bonds is 3. The third-order valence-electron chi connectivity index (χ3n) is 5.30. The zero-order chi connectivity index (χ0) is 19.1. The second-order valence-electron chi connectivity index (χ2n) is 7.02. The first-order valence-corrected chi connectivity index (χ1v) is 10.4. The minimum atomic E-state index is 0.0768. The van der Waals surface area contributed by atoms with Gasteiger partial charge in [0.1, 0.15) is 0 Å². The van der Waals surface area contributed by atoms with Crippen molar-refractivity contribution in [1.82, 2.24) is 14.3 Å². The van der Waals surface area contributed by atoms with Gasteiger partial charge in [0.05, 0.1) is 29.1 Å². The van der Waals surface area contributed by atoms with Gasteiger partial charge in [-0.3, -0.25) is 9.20 Å². The molecule has 1 saturated heterocycles. The number of aromatic nitrogens is 2. The van der Waals surface area contributed by atoms with Crippen LogP contribution in [0.4, 0.5) is 0 Å². The SMILES string of the molecule is CCc1ccc(-c2cn3c(n2)sc2cc(C(=O)N4CCOCC4)ccc23)cc1. The van der Waals surface area contributed by atoms with Gasteiger partial charge in [-0.25, -0.2) is 4.98 Å². The van der Waals surface area contributed by atoms with Crippen LogP contribution >= 0.6 is 11.3 Å². The fourth-order valence-corrected chi connectivity index (χ4v) is 4.68. The lowest BCUT2D eigenvalue weighted by atomic mass is 10.1. The number of benzene rings is 2. The highest BCUT2D eigenvalue weighted by atomic mass is 32.1. The van der Waals surface area contributed by atoms with E-state index in [2.05, 4.69) is 41.8 Å². The molecule has 2 aromatic heterocycles. The monoisotopic (exact) mass is 391 g/mol. The van der Waals surface area contributed by atoms with Gasteiger partial charge in [0.25, 0.3) is 5.91 Å². The Morgan fingerprint density at radius 3 is 2.68 bits per heavy atom. The number of hydrogen-bond donors (Lipinski definition) is 0. The van der Waals surface area contributed by atoms with Gasteiger partial charge in [-0.2, -0.15) is 0 Å². The molecule has 1 aliphatic heterocycles. The largest absolute Gasteiger partial charge is 0.378 e. The molecule has 5 nitrogen and oxygen atoms in total. The number of morpholine rings is 1. The number of hydrogen-bond acceptors (Lipinski definition) is 4. The molecular formula is C22H21N3O2S. The van der Waals surface area contributed by atoms with Crippen LogP contribution in [0.2, 0.25) is 0 Å². The van der Waals surface area contributed by atoms with Crippen molar-refractivity contribution >= 4 is 32.4 Å². The average Bonchev–Trinajstić information content (AvgIpc) is 3.31. The Morgan fingerprint density at radius 2 is 1.93 bits per heavy atom. The van der Waals surface area contributed by atoms with E-state index in [0.29, 0.717) is 26.3 Å². The van der Waals surface area contributed by atoms with Crippen molar-refractivity contribution in [3.05, 3.63) is 59.8 Å². The Morgan fingerprint density at radius 1 is 1.14 bits per heavy atom. The molecule has 28 heavy (non-hydrogen) atoms. The van der Waals surface area contributed by atoms with Gasteiger partial charge in [-0.15, -0.1) is 0 Å². The Bertz CT molecular complexity index is 1150. The van der Waals surface area contributed by atoms with Crippen LogP contribution < -0.4 is 0 Å². The molecule has 1 aliphatic rings. The van der Waals surface area contributed by atoms with Crippen molar-refractivity contribution in [3.63, 3.8) is 0 Å². The molecule has 1 amide bonds. The van der Waals surface area contributed by atoms with E-state index in [1.165, 1.54) is 5.56 Å². The number of thiazole rings is 1. The van der Waals surface area contributed by atoms with Crippen LogP contribution in [0.25, 0.3) is 26.4 Å². The van der Waals surface area contributed by atoms with Gasteiger partial charge in [0.2, 0.25) is 0 Å². The molecule has 0 saturated carbocycles. The Hall–Kier alpha value is -2.70. The van der Waals surface area contributed by atoms with Crippen LogP contribution in [0.5, 0.6) is 0 Å². The van der Waals surface area contributed by atoms with Crippen molar-refractivity contribution in [3.8, 4) is 11.3 Å². The molecule has 2 aromatic carbocycles. The van der Waals surface area contributed by atoms with Gasteiger partial charge in [-0.05, 0) is 30.2 Å². The Kier molecular flexibility index (Phi) is 4.37. The summed E-state index contributed by atoms with van der Waals surface area (Å²) in [6.07, 6.45) is 3.12. The van der Waals surface area contributed by atoms with Crippen LogP contribution in [0.15, 0.2) is 48.7 Å². The first-order valence-electron chi connectivity index (χ1n) is 9.61. The van der Waals surface area contributed by atoms with Crippen LogP contribution in [0, 0.1) is 0 Å². The lowest BCUT2D eigenvalue weighted by molar-refractivity contribution is 0.0303. The number of fused-ring (bicyclic) bond motifs is 3. The molecule has 4 aromatic rings. The normalized spacial score (nSPS) is 14.8. The van der Waals surface area contributed by atoms with E-state index in [-0.39, 0.29) is 5.91 Å². The van der Waals surface area contributed by atoms with Crippen molar-refractivity contribution in [2.75, 3.05) is 26.3 Å². The summed E-state index contributed by atoms with van der Waals surface area (Å²) in [5, 5.41) is 0. The number of carbonyl (C=O) groups excluding carboxylic acids is 1. The van der Waals surface area contributed by atoms with E-state index in [1.54, 1.807) is 11.3 Å². The van der Waals surface area contributed by atoms with Gasteiger partial charge in [0.15, 0.2) is 4.96 Å². The number of carbonyl (C=O) groups is 1. The lowest BCUT2D eigenvalue weighted by Crippen LogP contribution is -2.40. The summed E-state index contributed by atoms with van der Waals surface area (Å²) in [4.78, 5) is 20.4. The van der Waals surface area contributed by atoms with E-state index < -0.39 is 0 Å². The van der Waals surface area contributed by atoms with Gasteiger partial charge < -0.3 is 9.64 Å². The van der Waals surface area contributed by atoms with E-state index in [1.807, 2.05) is 23.1 Å². The van der Waals surface area contributed by atoms with Crippen molar-refractivity contribution in [2.24, 2.45) is 0 Å². The molecule has 0 aliphatic carbocycles. The van der Waals surface area contributed by atoms with Crippen molar-refractivity contribution in [2.45, 2.75) is 13.3 Å². The van der Waals surface area contributed by atoms with Crippen LogP contribution in [0.3, 0.4) is 0 Å². The minimum Gasteiger partial charge on any atom is -0.378 e. The van der Waals surface area contributed by atoms with E-state index >= 15 is 0 Å². The molecule has 3 heterocycles. The Balaban J connectivity index is 1.48. The topological polar surface area (TPSA) is 46.8 Å². The van der Waals surface area contributed by atoms with Crippen LogP contribution in [0.1, 0.15) is 22.8 Å². The maximum atomic E-state index is 12.7. The summed E-state index contributed by atoms with van der Waals surface area (Å²) >= 11 is 1.62. The van der Waals surface area contributed by atoms with Crippen LogP contribution in [-0.2, 0) is 11.2 Å². The summed E-state index contributed by atoms with van der Waals surface area (Å²) < 4.78 is 8.54. The summed E-state index contributed by atoms with van der Waals surface area (Å²) in [5.74, 6) is 0.0768. The average molecular weight is 391 g/mol. The van der Waals surface area contributed by atoms with E-state index in [9.17, 15) is 4.79 Å². The molecule has 0 radical (unpaired) electrons. The molecule has 0 spiro atoms. The predicted molar refractivity (Wildman–Crippen MR) is 112 cm³/mol. The van der Waals surface area contributed by atoms with E-state index in [0.717, 1.165) is 38.4 Å². The Labute approximate surface area is 167 Å². The third kappa shape index (κ3) is 2.99. The zero-order valence-electron chi connectivity index (χ0n) is 15.7. The summed E-state index contributed by atoms with van der Waals surface area (Å²) in [5.41, 5.74) is 5.24. The lowest BCUT2D eigenvalue weighted by Gasteiger charge is -2.26. The highest BCUT2D eigenvalue weighted by Crippen LogP contribution is 2.30. The van der Waals surface area contributed by atoms with Crippen molar-refractivity contribution < 1.29 is 9.53 Å².